The summed E-state index contributed by atoms with van der Waals surface area (Å²) < 4.78 is 26.6. The molecule has 1 N–H and O–H groups in total. The quantitative estimate of drug-likeness (QED) is 0.767. The molecule has 0 unspecified atom stereocenters. The van der Waals surface area contributed by atoms with Crippen LogP contribution in [-0.4, -0.2) is 17.9 Å². The first-order chi connectivity index (χ1) is 12.0. The van der Waals surface area contributed by atoms with Crippen molar-refractivity contribution in [3.8, 4) is 0 Å². The molecule has 0 spiro atoms. The van der Waals surface area contributed by atoms with Gasteiger partial charge in [-0.05, 0) is 36.4 Å². The van der Waals surface area contributed by atoms with Gasteiger partial charge in [-0.25, -0.2) is 13.8 Å². The Morgan fingerprint density at radius 2 is 1.80 bits per heavy atom. The second-order valence-electron chi connectivity index (χ2n) is 5.38. The van der Waals surface area contributed by atoms with Crippen LogP contribution in [-0.2, 0) is 0 Å². The highest BCUT2D eigenvalue weighted by Crippen LogP contribution is 2.21. The highest BCUT2D eigenvalue weighted by molar-refractivity contribution is 6.04. The molecule has 0 saturated carbocycles. The van der Waals surface area contributed by atoms with Crippen molar-refractivity contribution >= 4 is 23.0 Å². The summed E-state index contributed by atoms with van der Waals surface area (Å²) in [6.45, 7) is 0. The van der Waals surface area contributed by atoms with Crippen molar-refractivity contribution in [1.82, 2.24) is 4.98 Å². The molecule has 6 heteroatoms. The monoisotopic (exact) mass is 339 g/mol. The summed E-state index contributed by atoms with van der Waals surface area (Å²) >= 11 is 0. The Morgan fingerprint density at radius 3 is 2.44 bits per heavy atom. The third kappa shape index (κ3) is 3.80. The number of benzene rings is 2. The van der Waals surface area contributed by atoms with Crippen LogP contribution < -0.4 is 10.2 Å². The molecule has 0 aliphatic heterocycles. The van der Waals surface area contributed by atoms with Crippen LogP contribution in [0.15, 0.2) is 66.9 Å². The Bertz CT molecular complexity index is 883. The molecular weight excluding hydrogens is 324 g/mol. The van der Waals surface area contributed by atoms with E-state index in [9.17, 15) is 13.6 Å². The maximum absolute atomic E-state index is 13.7. The third-order valence-corrected chi connectivity index (χ3v) is 3.64. The van der Waals surface area contributed by atoms with Crippen LogP contribution in [0.3, 0.4) is 0 Å². The third-order valence-electron chi connectivity index (χ3n) is 3.64. The molecule has 3 aromatic rings. The van der Waals surface area contributed by atoms with Crippen molar-refractivity contribution in [2.24, 2.45) is 0 Å². The van der Waals surface area contributed by atoms with Crippen LogP contribution in [0.1, 0.15) is 10.5 Å². The number of carbonyl (C=O) groups excluding carboxylic acids is 1. The van der Waals surface area contributed by atoms with Crippen molar-refractivity contribution in [1.29, 1.82) is 0 Å². The largest absolute Gasteiger partial charge is 0.352 e. The van der Waals surface area contributed by atoms with Crippen LogP contribution >= 0.6 is 0 Å². The first-order valence-corrected chi connectivity index (χ1v) is 7.56. The summed E-state index contributed by atoms with van der Waals surface area (Å²) in [4.78, 5) is 18.1. The van der Waals surface area contributed by atoms with Gasteiger partial charge in [0, 0.05) is 18.8 Å². The van der Waals surface area contributed by atoms with Crippen LogP contribution in [0.5, 0.6) is 0 Å². The number of hydrogen-bond donors (Lipinski definition) is 1. The average molecular weight is 339 g/mol. The second kappa shape index (κ2) is 7.09. The maximum atomic E-state index is 13.7. The molecule has 25 heavy (non-hydrogen) atoms. The minimum Gasteiger partial charge on any atom is -0.352 e. The van der Waals surface area contributed by atoms with E-state index in [4.69, 9.17) is 0 Å². The van der Waals surface area contributed by atoms with Gasteiger partial charge in [-0.15, -0.1) is 0 Å². The fraction of sp³-hybridized carbons (Fsp3) is 0.0526. The van der Waals surface area contributed by atoms with Crippen LogP contribution in [0.25, 0.3) is 0 Å². The lowest BCUT2D eigenvalue weighted by Gasteiger charge is -2.17. The average Bonchev–Trinajstić information content (AvgIpc) is 2.64. The van der Waals surface area contributed by atoms with E-state index in [-0.39, 0.29) is 17.3 Å². The van der Waals surface area contributed by atoms with Crippen molar-refractivity contribution in [2.45, 2.75) is 0 Å². The number of nitrogens with zero attached hydrogens (tertiary/aromatic N) is 2. The van der Waals surface area contributed by atoms with Gasteiger partial charge in [-0.2, -0.15) is 0 Å². The zero-order chi connectivity index (χ0) is 17.8. The van der Waals surface area contributed by atoms with E-state index >= 15 is 0 Å². The Kier molecular flexibility index (Phi) is 4.70. The fourth-order valence-electron chi connectivity index (χ4n) is 2.28. The van der Waals surface area contributed by atoms with E-state index in [0.29, 0.717) is 5.69 Å². The molecule has 0 saturated heterocycles. The predicted molar refractivity (Wildman–Crippen MR) is 93.1 cm³/mol. The topological polar surface area (TPSA) is 45.2 Å². The summed E-state index contributed by atoms with van der Waals surface area (Å²) in [7, 11) is 1.67. The standard InChI is InChI=1S/C19H15F2N3O/c1-24(15-5-3-2-4-6-15)19(25)18-10-8-14(12-22-18)23-17-9-7-13(20)11-16(17)21/h2-12,23H,1H3. The molecule has 1 amide bonds. The number of rotatable bonds is 4. The van der Waals surface area contributed by atoms with E-state index in [1.165, 1.54) is 17.2 Å². The number of amides is 1. The zero-order valence-electron chi connectivity index (χ0n) is 13.4. The normalized spacial score (nSPS) is 10.4. The smallest absolute Gasteiger partial charge is 0.276 e. The lowest BCUT2D eigenvalue weighted by atomic mass is 10.2. The molecule has 1 heterocycles. The van der Waals surface area contributed by atoms with Gasteiger partial charge in [-0.1, -0.05) is 18.2 Å². The molecule has 2 aromatic carbocycles. The highest BCUT2D eigenvalue weighted by atomic mass is 19.1. The number of pyridine rings is 1. The molecule has 3 rings (SSSR count). The Labute approximate surface area is 143 Å². The molecule has 0 bridgehead atoms. The molecule has 126 valence electrons. The van der Waals surface area contributed by atoms with E-state index in [1.807, 2.05) is 30.3 Å². The molecule has 0 radical (unpaired) electrons. The number of anilines is 3. The first-order valence-electron chi connectivity index (χ1n) is 7.56. The number of aromatic nitrogens is 1. The Balaban J connectivity index is 1.74. The van der Waals surface area contributed by atoms with Gasteiger partial charge in [0.25, 0.3) is 5.91 Å². The van der Waals surface area contributed by atoms with Gasteiger partial charge < -0.3 is 10.2 Å². The van der Waals surface area contributed by atoms with Crippen molar-refractivity contribution < 1.29 is 13.6 Å². The van der Waals surface area contributed by atoms with Crippen molar-refractivity contribution in [3.05, 3.63) is 84.2 Å². The first kappa shape index (κ1) is 16.6. The predicted octanol–water partition coefficient (Wildman–Crippen LogP) is 4.38. The molecule has 0 atom stereocenters. The molecule has 1 aromatic heterocycles. The van der Waals surface area contributed by atoms with E-state index in [1.54, 1.807) is 19.2 Å². The number of carbonyl (C=O) groups is 1. The van der Waals surface area contributed by atoms with E-state index in [0.717, 1.165) is 17.8 Å². The Hall–Kier alpha value is -3.28. The van der Waals surface area contributed by atoms with Gasteiger partial charge in [0.2, 0.25) is 0 Å². The number of para-hydroxylation sites is 1. The van der Waals surface area contributed by atoms with Crippen LogP contribution in [0, 0.1) is 11.6 Å². The summed E-state index contributed by atoms with van der Waals surface area (Å²) in [6.07, 6.45) is 1.43. The van der Waals surface area contributed by atoms with Gasteiger partial charge in [0.15, 0.2) is 0 Å². The summed E-state index contributed by atoms with van der Waals surface area (Å²) in [5.74, 6) is -1.61. The van der Waals surface area contributed by atoms with Crippen molar-refractivity contribution in [2.75, 3.05) is 17.3 Å². The number of nitrogens with one attached hydrogen (secondary N) is 1. The van der Waals surface area contributed by atoms with Gasteiger partial charge in [0.1, 0.15) is 17.3 Å². The Morgan fingerprint density at radius 1 is 1.04 bits per heavy atom. The molecule has 0 aliphatic carbocycles. The SMILES string of the molecule is CN(C(=O)c1ccc(Nc2ccc(F)cc2F)cn1)c1ccccc1. The summed E-state index contributed by atoms with van der Waals surface area (Å²) in [5.41, 5.74) is 1.63. The van der Waals surface area contributed by atoms with Crippen LogP contribution in [0.2, 0.25) is 0 Å². The minimum atomic E-state index is -0.705. The minimum absolute atomic E-state index is 0.128. The number of hydrogen-bond acceptors (Lipinski definition) is 3. The van der Waals surface area contributed by atoms with Gasteiger partial charge >= 0.3 is 0 Å². The molecule has 0 fully saturated rings. The highest BCUT2D eigenvalue weighted by Gasteiger charge is 2.14. The van der Waals surface area contributed by atoms with E-state index in [2.05, 4.69) is 10.3 Å². The lowest BCUT2D eigenvalue weighted by Crippen LogP contribution is -2.26. The number of halogens is 2. The summed E-state index contributed by atoms with van der Waals surface area (Å²) in [6, 6.07) is 15.6. The van der Waals surface area contributed by atoms with Crippen molar-refractivity contribution in [3.63, 3.8) is 0 Å². The maximum Gasteiger partial charge on any atom is 0.276 e. The fourth-order valence-corrected chi connectivity index (χ4v) is 2.28. The lowest BCUT2D eigenvalue weighted by molar-refractivity contribution is 0.0988. The zero-order valence-corrected chi connectivity index (χ0v) is 13.4. The molecule has 0 aliphatic rings. The van der Waals surface area contributed by atoms with E-state index < -0.39 is 11.6 Å². The van der Waals surface area contributed by atoms with Gasteiger partial charge in [0.05, 0.1) is 17.6 Å². The van der Waals surface area contributed by atoms with Crippen LogP contribution in [0.4, 0.5) is 25.8 Å². The molecule has 4 nitrogen and oxygen atoms in total. The summed E-state index contributed by atoms with van der Waals surface area (Å²) in [5, 5.41) is 2.80. The second-order valence-corrected chi connectivity index (χ2v) is 5.38. The van der Waals surface area contributed by atoms with Gasteiger partial charge in [-0.3, -0.25) is 4.79 Å². The molecular formula is C19H15F2N3O.